The van der Waals surface area contributed by atoms with Crippen molar-refractivity contribution < 1.29 is 29.3 Å². The number of hydrogen-bond donors (Lipinski definition) is 4. The number of fused-ring (bicyclic) bond motifs is 1. The molecule has 0 bridgehead atoms. The van der Waals surface area contributed by atoms with Crippen LogP contribution in [0.4, 0.5) is 16.2 Å². The van der Waals surface area contributed by atoms with Crippen LogP contribution in [0.25, 0.3) is 11.4 Å². The number of nitrogens with one attached hydrogen (secondary N) is 3. The van der Waals surface area contributed by atoms with Gasteiger partial charge in [0.25, 0.3) is 0 Å². The van der Waals surface area contributed by atoms with Crippen LogP contribution in [-0.2, 0) is 17.7 Å². The molecule has 4 aromatic rings. The number of hydrogen-bond acceptors (Lipinski definition) is 9. The lowest BCUT2D eigenvalue weighted by atomic mass is 10.0. The van der Waals surface area contributed by atoms with E-state index in [9.17, 15) is 20.0 Å². The van der Waals surface area contributed by atoms with Gasteiger partial charge in [0.15, 0.2) is 5.69 Å². The summed E-state index contributed by atoms with van der Waals surface area (Å²) < 4.78 is 10.5. The smallest absolute Gasteiger partial charge is 0.338 e. The molecule has 0 radical (unpaired) electrons. The average Bonchev–Trinajstić information content (AvgIpc) is 3.58. The van der Waals surface area contributed by atoms with Gasteiger partial charge in [0.05, 0.1) is 36.4 Å². The molecular weight excluding hydrogens is 482 g/mol. The molecule has 0 fully saturated rings. The van der Waals surface area contributed by atoms with E-state index < -0.39 is 23.3 Å². The number of quaternary nitrogens is 1. The Morgan fingerprint density at radius 2 is 2.11 bits per heavy atom. The number of rotatable bonds is 6. The number of amides is 2. The molecule has 4 N–H and O–H groups in total. The Hall–Kier alpha value is -4.59. The second kappa shape index (κ2) is 10.2. The van der Waals surface area contributed by atoms with E-state index in [-0.39, 0.29) is 30.6 Å². The first-order valence-electron chi connectivity index (χ1n) is 11.5. The number of esters is 1. The molecule has 1 aliphatic heterocycles. The zero-order chi connectivity index (χ0) is 25.9. The van der Waals surface area contributed by atoms with E-state index in [0.717, 1.165) is 11.4 Å². The molecule has 2 aromatic carbocycles. The minimum Gasteiger partial charge on any atom is -0.595 e. The van der Waals surface area contributed by atoms with Gasteiger partial charge in [-0.25, -0.2) is 19.8 Å². The molecule has 190 valence electrons. The number of carbonyl (C=O) groups excluding carboxylic acids is 2. The molecule has 5 rings (SSSR count). The van der Waals surface area contributed by atoms with Gasteiger partial charge in [-0.05, 0) is 31.2 Å². The van der Waals surface area contributed by atoms with E-state index in [4.69, 9.17) is 9.26 Å². The van der Waals surface area contributed by atoms with Crippen LogP contribution < -0.4 is 10.5 Å². The molecule has 37 heavy (non-hydrogen) atoms. The van der Waals surface area contributed by atoms with E-state index in [0.29, 0.717) is 23.2 Å². The van der Waals surface area contributed by atoms with Crippen LogP contribution in [-0.4, -0.2) is 48.8 Å². The minimum atomic E-state index is -1.07. The maximum Gasteiger partial charge on any atom is 0.338 e. The van der Waals surface area contributed by atoms with Crippen molar-refractivity contribution in [3.63, 3.8) is 0 Å². The molecule has 1 unspecified atom stereocenters. The van der Waals surface area contributed by atoms with Gasteiger partial charge in [-0.2, -0.15) is 10.2 Å². The summed E-state index contributed by atoms with van der Waals surface area (Å²) in [6.07, 6.45) is 1.90. The van der Waals surface area contributed by atoms with Crippen LogP contribution in [0.1, 0.15) is 40.6 Å². The molecule has 2 amide bonds. The third-order valence-corrected chi connectivity index (χ3v) is 5.90. The zero-order valence-electron chi connectivity index (χ0n) is 19.7. The number of ether oxygens (including phenoxy) is 1. The quantitative estimate of drug-likeness (QED) is 0.226. The van der Waals surface area contributed by atoms with Crippen LogP contribution in [0.5, 0.6) is 0 Å². The van der Waals surface area contributed by atoms with E-state index in [1.54, 1.807) is 54.5 Å². The van der Waals surface area contributed by atoms with Crippen LogP contribution >= 0.6 is 0 Å². The number of aromatic nitrogens is 4. The van der Waals surface area contributed by atoms with Gasteiger partial charge in [0.2, 0.25) is 11.7 Å². The van der Waals surface area contributed by atoms with Crippen molar-refractivity contribution in [1.82, 2.24) is 25.0 Å². The Labute approximate surface area is 210 Å². The molecule has 0 spiro atoms. The summed E-state index contributed by atoms with van der Waals surface area (Å²) >= 11 is 0. The second-order valence-corrected chi connectivity index (χ2v) is 8.25. The maximum atomic E-state index is 13.3. The Morgan fingerprint density at radius 1 is 1.30 bits per heavy atom. The molecule has 13 nitrogen and oxygen atoms in total. The summed E-state index contributed by atoms with van der Waals surface area (Å²) in [7, 11) is 0. The monoisotopic (exact) mass is 505 g/mol. The molecule has 0 saturated carbocycles. The van der Waals surface area contributed by atoms with Crippen LogP contribution in [0.3, 0.4) is 0 Å². The molecule has 3 heterocycles. The highest BCUT2D eigenvalue weighted by Crippen LogP contribution is 2.33. The largest absolute Gasteiger partial charge is 0.595 e. The first-order valence-corrected chi connectivity index (χ1v) is 11.5. The SMILES string of the molecule is CCOC(=O)c1ccc(NC(=O)N2Cc3[nH]cnc3C[C@H]2c2nc(-c3cccc([NH+]([O-])O)c3)no2)cc1. The summed E-state index contributed by atoms with van der Waals surface area (Å²) in [5.41, 5.74) is 3.01. The highest BCUT2D eigenvalue weighted by molar-refractivity contribution is 5.92. The predicted octanol–water partition coefficient (Wildman–Crippen LogP) is 2.37. The maximum absolute atomic E-state index is 13.3. The van der Waals surface area contributed by atoms with E-state index in [1.807, 2.05) is 0 Å². The number of benzene rings is 2. The molecule has 2 atom stereocenters. The minimum absolute atomic E-state index is 0.0951. The number of anilines is 1. The predicted molar refractivity (Wildman–Crippen MR) is 128 cm³/mol. The molecular formula is C24H23N7O6. The van der Waals surface area contributed by atoms with E-state index >= 15 is 0 Å². The van der Waals surface area contributed by atoms with Crippen LogP contribution in [0, 0.1) is 5.21 Å². The standard InChI is InChI=1S/C24H23N7O6/c1-2-36-23(32)14-6-8-16(9-7-14)27-24(33)30-12-19-18(25-13-26-19)11-20(30)22-28-21(29-37-22)15-4-3-5-17(10-15)31(34)35/h3-10,13,20,31,34H,2,11-12H2,1H3,(H,25,26)(H,27,33)/t20-/m0/s1. The number of H-pyrrole nitrogens is 1. The molecule has 0 saturated heterocycles. The van der Waals surface area contributed by atoms with Gasteiger partial charge in [0.1, 0.15) is 6.04 Å². The third kappa shape index (κ3) is 5.04. The van der Waals surface area contributed by atoms with Crippen molar-refractivity contribution in [2.75, 3.05) is 11.9 Å². The lowest BCUT2D eigenvalue weighted by molar-refractivity contribution is -0.991. The van der Waals surface area contributed by atoms with Crippen molar-refractivity contribution in [2.24, 2.45) is 0 Å². The lowest BCUT2D eigenvalue weighted by Crippen LogP contribution is -2.99. The summed E-state index contributed by atoms with van der Waals surface area (Å²) in [5.74, 6) is -0.0395. The fourth-order valence-electron chi connectivity index (χ4n) is 4.05. The zero-order valence-corrected chi connectivity index (χ0v) is 19.7. The Kier molecular flexibility index (Phi) is 6.64. The number of aromatic amines is 1. The second-order valence-electron chi connectivity index (χ2n) is 8.25. The highest BCUT2D eigenvalue weighted by atomic mass is 16.8. The topological polar surface area (TPSA) is 174 Å². The average molecular weight is 505 g/mol. The van der Waals surface area contributed by atoms with Crippen molar-refractivity contribution in [3.05, 3.63) is 82.9 Å². The van der Waals surface area contributed by atoms with Gasteiger partial charge in [-0.15, -0.1) is 0 Å². The van der Waals surface area contributed by atoms with Gasteiger partial charge in [-0.1, -0.05) is 17.3 Å². The first kappa shape index (κ1) is 24.1. The highest BCUT2D eigenvalue weighted by Gasteiger charge is 2.36. The van der Waals surface area contributed by atoms with E-state index in [1.165, 1.54) is 12.1 Å². The van der Waals surface area contributed by atoms with Crippen molar-refractivity contribution in [2.45, 2.75) is 25.9 Å². The normalized spacial score (nSPS) is 15.6. The summed E-state index contributed by atoms with van der Waals surface area (Å²) in [4.78, 5) is 38.6. The summed E-state index contributed by atoms with van der Waals surface area (Å²) in [6, 6.07) is 11.5. The lowest BCUT2D eigenvalue weighted by Gasteiger charge is -2.32. The third-order valence-electron chi connectivity index (χ3n) is 5.90. The van der Waals surface area contributed by atoms with Gasteiger partial charge in [-0.3, -0.25) is 0 Å². The van der Waals surface area contributed by atoms with Crippen molar-refractivity contribution in [1.29, 1.82) is 0 Å². The summed E-state index contributed by atoms with van der Waals surface area (Å²) in [5, 5.41) is 26.4. The molecule has 2 aromatic heterocycles. The fraction of sp³-hybridized carbons (Fsp3) is 0.208. The van der Waals surface area contributed by atoms with Gasteiger partial charge < -0.3 is 29.7 Å². The number of urea groups is 1. The number of nitrogens with zero attached hydrogens (tertiary/aromatic N) is 4. The first-order chi connectivity index (χ1) is 17.9. The number of imidazole rings is 1. The Morgan fingerprint density at radius 3 is 2.86 bits per heavy atom. The summed E-state index contributed by atoms with van der Waals surface area (Å²) in [6.45, 7) is 2.22. The Balaban J connectivity index is 1.39. The van der Waals surface area contributed by atoms with Gasteiger partial charge in [0, 0.05) is 29.8 Å². The van der Waals surface area contributed by atoms with Crippen LogP contribution in [0.2, 0.25) is 0 Å². The molecule has 13 heteroatoms. The van der Waals surface area contributed by atoms with Gasteiger partial charge >= 0.3 is 12.0 Å². The molecule has 1 aliphatic rings. The van der Waals surface area contributed by atoms with E-state index in [2.05, 4.69) is 25.4 Å². The Bertz CT molecular complexity index is 1410. The number of carbonyl (C=O) groups is 2. The van der Waals surface area contributed by atoms with Crippen molar-refractivity contribution >= 4 is 23.4 Å². The van der Waals surface area contributed by atoms with Crippen molar-refractivity contribution in [3.8, 4) is 11.4 Å². The van der Waals surface area contributed by atoms with Crippen LogP contribution in [0.15, 0.2) is 59.4 Å². The molecule has 0 aliphatic carbocycles. The fourth-order valence-corrected chi connectivity index (χ4v) is 4.05.